The fourth-order valence-electron chi connectivity index (χ4n) is 6.53. The molecule has 0 radical (unpaired) electrons. The van der Waals surface area contributed by atoms with Gasteiger partial charge in [-0.3, -0.25) is 15.4 Å². The smallest absolute Gasteiger partial charge is 0.321 e. The molecule has 6 rings (SSSR count). The summed E-state index contributed by atoms with van der Waals surface area (Å²) in [4.78, 5) is 25.5. The highest BCUT2D eigenvalue weighted by Crippen LogP contribution is 2.55. The first-order chi connectivity index (χ1) is 15.0. The Morgan fingerprint density at radius 3 is 2.19 bits per heavy atom. The lowest BCUT2D eigenvalue weighted by Gasteiger charge is -2.56. The van der Waals surface area contributed by atoms with Gasteiger partial charge in [-0.25, -0.2) is 4.79 Å². The molecule has 2 aromatic rings. The van der Waals surface area contributed by atoms with Gasteiger partial charge in [0, 0.05) is 5.54 Å². The van der Waals surface area contributed by atoms with Gasteiger partial charge in [0.25, 0.3) is 0 Å². The van der Waals surface area contributed by atoms with E-state index in [-0.39, 0.29) is 23.5 Å². The van der Waals surface area contributed by atoms with Crippen LogP contribution < -0.4 is 16.0 Å². The van der Waals surface area contributed by atoms with Crippen molar-refractivity contribution in [3.05, 3.63) is 60.1 Å². The first kappa shape index (κ1) is 20.3. The van der Waals surface area contributed by atoms with E-state index < -0.39 is 6.04 Å². The van der Waals surface area contributed by atoms with Crippen molar-refractivity contribution in [2.75, 3.05) is 0 Å². The maximum Gasteiger partial charge on any atom is 0.321 e. The summed E-state index contributed by atoms with van der Waals surface area (Å²) in [7, 11) is 0. The number of benzene rings is 1. The van der Waals surface area contributed by atoms with Crippen LogP contribution in [0, 0.1) is 17.8 Å². The SMILES string of the molecule is C[C@H](N[C@H](c1ccccc1)c1ccco1)C(=O)NC(=O)NC12CC3CC(CC(C3)C1)C2. The number of urea groups is 1. The Bertz CT molecular complexity index is 889. The molecule has 1 aromatic heterocycles. The third-order valence-electron chi connectivity index (χ3n) is 7.42. The topological polar surface area (TPSA) is 83.4 Å². The number of carbonyl (C=O) groups excluding carboxylic acids is 2. The van der Waals surface area contributed by atoms with Crippen LogP contribution in [0.3, 0.4) is 0 Å². The van der Waals surface area contributed by atoms with Crippen LogP contribution in [0.5, 0.6) is 0 Å². The molecule has 4 bridgehead atoms. The summed E-state index contributed by atoms with van der Waals surface area (Å²) in [5, 5.41) is 9.09. The minimum atomic E-state index is -0.572. The maximum absolute atomic E-state index is 12.8. The fraction of sp³-hybridized carbons (Fsp3) is 0.520. The third-order valence-corrected chi connectivity index (χ3v) is 7.42. The minimum Gasteiger partial charge on any atom is -0.467 e. The van der Waals surface area contributed by atoms with Gasteiger partial charge in [-0.2, -0.15) is 0 Å². The zero-order valence-electron chi connectivity index (χ0n) is 18.0. The van der Waals surface area contributed by atoms with E-state index in [1.165, 1.54) is 19.3 Å². The summed E-state index contributed by atoms with van der Waals surface area (Å²) < 4.78 is 5.60. The van der Waals surface area contributed by atoms with Crippen LogP contribution in [0.25, 0.3) is 0 Å². The van der Waals surface area contributed by atoms with E-state index in [4.69, 9.17) is 4.42 Å². The number of hydrogen-bond acceptors (Lipinski definition) is 4. The summed E-state index contributed by atoms with van der Waals surface area (Å²) in [6, 6.07) is 12.3. The Hall–Kier alpha value is -2.60. The van der Waals surface area contributed by atoms with Crippen molar-refractivity contribution in [3.63, 3.8) is 0 Å². The number of hydrogen-bond donors (Lipinski definition) is 3. The Morgan fingerprint density at radius 1 is 0.968 bits per heavy atom. The average Bonchev–Trinajstić information content (AvgIpc) is 3.25. The number of nitrogens with one attached hydrogen (secondary N) is 3. The maximum atomic E-state index is 12.8. The van der Waals surface area contributed by atoms with Crippen LogP contribution in [0.15, 0.2) is 53.1 Å². The second kappa shape index (κ2) is 8.15. The molecule has 0 aliphatic heterocycles. The Labute approximate surface area is 183 Å². The monoisotopic (exact) mass is 421 g/mol. The quantitative estimate of drug-likeness (QED) is 0.655. The molecule has 3 amide bonds. The van der Waals surface area contributed by atoms with E-state index in [1.54, 1.807) is 13.2 Å². The zero-order valence-corrected chi connectivity index (χ0v) is 18.0. The molecule has 31 heavy (non-hydrogen) atoms. The number of carbonyl (C=O) groups is 2. The van der Waals surface area contributed by atoms with E-state index in [0.717, 1.165) is 48.3 Å². The number of rotatable bonds is 6. The molecule has 4 fully saturated rings. The molecule has 3 N–H and O–H groups in total. The van der Waals surface area contributed by atoms with Crippen molar-refractivity contribution in [2.45, 2.75) is 63.1 Å². The molecular weight excluding hydrogens is 390 g/mol. The molecular formula is C25H31N3O3. The highest BCUT2D eigenvalue weighted by Gasteiger charge is 2.51. The number of amides is 3. The summed E-state index contributed by atoms with van der Waals surface area (Å²) in [5.41, 5.74) is 0.881. The standard InChI is InChI=1S/C25H31N3O3/c1-16(26-22(21-8-5-9-31-21)20-6-3-2-4-7-20)23(29)27-24(30)28-25-13-17-10-18(14-25)12-19(11-17)15-25/h2-9,16-19,22,26H,10-15H2,1H3,(H2,27,28,29,30)/t16-,17?,18?,19?,22+,25?/m0/s1. The van der Waals surface area contributed by atoms with Gasteiger partial charge >= 0.3 is 6.03 Å². The molecule has 164 valence electrons. The zero-order chi connectivity index (χ0) is 21.4. The van der Waals surface area contributed by atoms with Crippen molar-refractivity contribution in [3.8, 4) is 0 Å². The van der Waals surface area contributed by atoms with Gasteiger partial charge < -0.3 is 9.73 Å². The molecule has 1 heterocycles. The van der Waals surface area contributed by atoms with Gasteiger partial charge in [-0.15, -0.1) is 0 Å². The van der Waals surface area contributed by atoms with E-state index >= 15 is 0 Å². The molecule has 0 saturated heterocycles. The molecule has 4 aliphatic carbocycles. The molecule has 1 aromatic carbocycles. The molecule has 4 aliphatic rings. The largest absolute Gasteiger partial charge is 0.467 e. The molecule has 0 spiro atoms. The van der Waals surface area contributed by atoms with Crippen molar-refractivity contribution in [1.82, 2.24) is 16.0 Å². The molecule has 6 nitrogen and oxygen atoms in total. The van der Waals surface area contributed by atoms with Gasteiger partial charge in [0.1, 0.15) is 5.76 Å². The van der Waals surface area contributed by atoms with Crippen LogP contribution in [-0.4, -0.2) is 23.5 Å². The van der Waals surface area contributed by atoms with E-state index in [0.29, 0.717) is 0 Å². The van der Waals surface area contributed by atoms with Crippen molar-refractivity contribution < 1.29 is 14.0 Å². The van der Waals surface area contributed by atoms with Crippen molar-refractivity contribution >= 4 is 11.9 Å². The Morgan fingerprint density at radius 2 is 1.61 bits per heavy atom. The van der Waals surface area contributed by atoms with E-state index in [2.05, 4.69) is 16.0 Å². The predicted molar refractivity (Wildman–Crippen MR) is 117 cm³/mol. The van der Waals surface area contributed by atoms with Crippen LogP contribution in [0.2, 0.25) is 0 Å². The van der Waals surface area contributed by atoms with Crippen LogP contribution in [0.1, 0.15) is 62.8 Å². The van der Waals surface area contributed by atoms with E-state index in [1.807, 2.05) is 42.5 Å². The molecule has 6 heteroatoms. The van der Waals surface area contributed by atoms with Crippen LogP contribution in [0.4, 0.5) is 4.79 Å². The first-order valence-corrected chi connectivity index (χ1v) is 11.5. The molecule has 2 atom stereocenters. The summed E-state index contributed by atoms with van der Waals surface area (Å²) in [6.07, 6.45) is 8.74. The average molecular weight is 422 g/mol. The van der Waals surface area contributed by atoms with Gasteiger partial charge in [0.15, 0.2) is 0 Å². The van der Waals surface area contributed by atoms with E-state index in [9.17, 15) is 9.59 Å². The molecule has 4 saturated carbocycles. The number of imide groups is 1. The van der Waals surface area contributed by atoms with Crippen molar-refractivity contribution in [1.29, 1.82) is 0 Å². The van der Waals surface area contributed by atoms with Crippen LogP contribution in [-0.2, 0) is 4.79 Å². The second-order valence-electron chi connectivity index (χ2n) is 9.89. The lowest BCUT2D eigenvalue weighted by molar-refractivity contribution is -0.121. The third kappa shape index (κ3) is 4.26. The number of furan rings is 1. The van der Waals surface area contributed by atoms with Gasteiger partial charge in [0.05, 0.1) is 18.3 Å². The lowest BCUT2D eigenvalue weighted by atomic mass is 9.53. The highest BCUT2D eigenvalue weighted by molar-refractivity contribution is 5.97. The Kier molecular flexibility index (Phi) is 5.34. The van der Waals surface area contributed by atoms with Crippen LogP contribution >= 0.6 is 0 Å². The first-order valence-electron chi connectivity index (χ1n) is 11.5. The lowest BCUT2D eigenvalue weighted by Crippen LogP contribution is -2.62. The summed E-state index contributed by atoms with van der Waals surface area (Å²) >= 11 is 0. The second-order valence-corrected chi connectivity index (χ2v) is 9.89. The van der Waals surface area contributed by atoms with Gasteiger partial charge in [0.2, 0.25) is 5.91 Å². The Balaban J connectivity index is 1.21. The minimum absolute atomic E-state index is 0.115. The summed E-state index contributed by atoms with van der Waals surface area (Å²) in [5.74, 6) is 2.60. The fourth-order valence-corrected chi connectivity index (χ4v) is 6.53. The predicted octanol–water partition coefficient (Wildman–Crippen LogP) is 4.14. The van der Waals surface area contributed by atoms with Gasteiger partial charge in [-0.05, 0) is 80.9 Å². The van der Waals surface area contributed by atoms with Gasteiger partial charge in [-0.1, -0.05) is 30.3 Å². The highest BCUT2D eigenvalue weighted by atomic mass is 16.3. The summed E-state index contributed by atoms with van der Waals surface area (Å²) in [6.45, 7) is 1.77. The normalized spacial score (nSPS) is 30.5. The molecule has 0 unspecified atom stereocenters. The van der Waals surface area contributed by atoms with Crippen molar-refractivity contribution in [2.24, 2.45) is 17.8 Å².